The van der Waals surface area contributed by atoms with E-state index in [0.29, 0.717) is 45.7 Å². The van der Waals surface area contributed by atoms with Crippen molar-refractivity contribution in [2.45, 2.75) is 30.6 Å². The van der Waals surface area contributed by atoms with E-state index < -0.39 is 9.84 Å². The first-order chi connectivity index (χ1) is 12.0. The standard InChI is InChI=1S/C18H26N2O4S/c1-25(22,23)16-8-5-10-19(11-9-16)18(21)20-12-13-24-14-17(20)15-6-3-2-4-7-15/h2-4,6-7,16-17H,5,8-14H2,1H3. The van der Waals surface area contributed by atoms with Gasteiger partial charge in [0.25, 0.3) is 0 Å². The molecule has 2 fully saturated rings. The SMILES string of the molecule is CS(=O)(=O)C1CCCN(C(=O)N2CCOCC2c2ccccc2)CC1. The van der Waals surface area contributed by atoms with Crippen molar-refractivity contribution >= 4 is 15.9 Å². The van der Waals surface area contributed by atoms with Crippen LogP contribution in [0.2, 0.25) is 0 Å². The lowest BCUT2D eigenvalue weighted by Gasteiger charge is -2.39. The Morgan fingerprint density at radius 3 is 2.60 bits per heavy atom. The van der Waals surface area contributed by atoms with Gasteiger partial charge in [-0.15, -0.1) is 0 Å². The molecule has 1 aromatic rings. The van der Waals surface area contributed by atoms with Gasteiger partial charge < -0.3 is 14.5 Å². The quantitative estimate of drug-likeness (QED) is 0.804. The van der Waals surface area contributed by atoms with E-state index in [2.05, 4.69) is 0 Å². The second-order valence-electron chi connectivity index (χ2n) is 6.85. The monoisotopic (exact) mass is 366 g/mol. The van der Waals surface area contributed by atoms with Crippen LogP contribution in [0.15, 0.2) is 30.3 Å². The number of rotatable bonds is 2. The first kappa shape index (κ1) is 18.2. The molecule has 2 heterocycles. The Morgan fingerprint density at radius 1 is 1.12 bits per heavy atom. The summed E-state index contributed by atoms with van der Waals surface area (Å²) in [7, 11) is -3.05. The number of amides is 2. The molecule has 2 amide bonds. The molecule has 2 unspecified atom stereocenters. The average molecular weight is 366 g/mol. The van der Waals surface area contributed by atoms with Crippen LogP contribution in [0.3, 0.4) is 0 Å². The van der Waals surface area contributed by atoms with Crippen LogP contribution in [0.1, 0.15) is 30.9 Å². The maximum Gasteiger partial charge on any atom is 0.320 e. The topological polar surface area (TPSA) is 66.9 Å². The number of hydrogen-bond acceptors (Lipinski definition) is 4. The Kier molecular flexibility index (Phi) is 5.64. The molecular formula is C18H26N2O4S. The molecule has 0 bridgehead atoms. The Labute approximate surface area is 149 Å². The van der Waals surface area contributed by atoms with E-state index in [1.54, 1.807) is 0 Å². The van der Waals surface area contributed by atoms with Crippen LogP contribution in [0, 0.1) is 0 Å². The van der Waals surface area contributed by atoms with Gasteiger partial charge in [-0.1, -0.05) is 30.3 Å². The van der Waals surface area contributed by atoms with Gasteiger partial charge in [-0.3, -0.25) is 0 Å². The highest BCUT2D eigenvalue weighted by Crippen LogP contribution is 2.26. The van der Waals surface area contributed by atoms with Crippen LogP contribution >= 0.6 is 0 Å². The average Bonchev–Trinajstić information content (AvgIpc) is 2.88. The van der Waals surface area contributed by atoms with E-state index in [1.807, 2.05) is 40.1 Å². The Morgan fingerprint density at radius 2 is 1.88 bits per heavy atom. The van der Waals surface area contributed by atoms with Gasteiger partial charge in [0.2, 0.25) is 0 Å². The number of nitrogens with zero attached hydrogens (tertiary/aromatic N) is 2. The van der Waals surface area contributed by atoms with Crippen molar-refractivity contribution in [2.75, 3.05) is 39.1 Å². The van der Waals surface area contributed by atoms with Gasteiger partial charge in [0.15, 0.2) is 0 Å². The van der Waals surface area contributed by atoms with Crippen LogP contribution < -0.4 is 0 Å². The Balaban J connectivity index is 1.72. The van der Waals surface area contributed by atoms with E-state index in [9.17, 15) is 13.2 Å². The van der Waals surface area contributed by atoms with Gasteiger partial charge >= 0.3 is 6.03 Å². The molecule has 0 aliphatic carbocycles. The number of sulfone groups is 1. The second kappa shape index (κ2) is 7.74. The second-order valence-corrected chi connectivity index (χ2v) is 9.17. The van der Waals surface area contributed by atoms with E-state index in [1.165, 1.54) is 6.26 Å². The molecule has 6 nitrogen and oxygen atoms in total. The summed E-state index contributed by atoms with van der Waals surface area (Å²) in [4.78, 5) is 16.8. The molecule has 0 radical (unpaired) electrons. The number of morpholine rings is 1. The number of ether oxygens (including phenoxy) is 1. The largest absolute Gasteiger partial charge is 0.377 e. The summed E-state index contributed by atoms with van der Waals surface area (Å²) < 4.78 is 29.2. The van der Waals surface area contributed by atoms with Gasteiger partial charge in [-0.25, -0.2) is 13.2 Å². The third kappa shape index (κ3) is 4.33. The van der Waals surface area contributed by atoms with E-state index >= 15 is 0 Å². The molecule has 2 atom stereocenters. The lowest BCUT2D eigenvalue weighted by molar-refractivity contribution is 0.00330. The summed E-state index contributed by atoms with van der Waals surface area (Å²) in [5.41, 5.74) is 1.07. The minimum Gasteiger partial charge on any atom is -0.377 e. The van der Waals surface area contributed by atoms with Crippen molar-refractivity contribution < 1.29 is 17.9 Å². The highest BCUT2D eigenvalue weighted by Gasteiger charge is 2.33. The minimum absolute atomic E-state index is 0.00805. The van der Waals surface area contributed by atoms with Gasteiger partial charge in [0, 0.05) is 25.9 Å². The van der Waals surface area contributed by atoms with Crippen LogP contribution in [0.25, 0.3) is 0 Å². The third-order valence-corrected chi connectivity index (χ3v) is 6.79. The predicted octanol–water partition coefficient (Wildman–Crippen LogP) is 2.08. The zero-order valence-corrected chi connectivity index (χ0v) is 15.5. The smallest absolute Gasteiger partial charge is 0.320 e. The summed E-state index contributed by atoms with van der Waals surface area (Å²) in [6, 6.07) is 9.83. The van der Waals surface area contributed by atoms with Crippen molar-refractivity contribution in [1.29, 1.82) is 0 Å². The minimum atomic E-state index is -3.05. The van der Waals surface area contributed by atoms with Gasteiger partial charge in [-0.05, 0) is 24.8 Å². The van der Waals surface area contributed by atoms with E-state index in [0.717, 1.165) is 12.0 Å². The number of hydrogen-bond donors (Lipinski definition) is 0. The molecule has 7 heteroatoms. The molecule has 138 valence electrons. The van der Waals surface area contributed by atoms with E-state index in [4.69, 9.17) is 4.74 Å². The van der Waals surface area contributed by atoms with Gasteiger partial charge in [0.1, 0.15) is 9.84 Å². The number of carbonyl (C=O) groups excluding carboxylic acids is 1. The molecule has 2 aliphatic heterocycles. The lowest BCUT2D eigenvalue weighted by atomic mass is 10.1. The summed E-state index contributed by atoms with van der Waals surface area (Å²) in [6.07, 6.45) is 3.17. The number of carbonyl (C=O) groups is 1. The fourth-order valence-corrected chi connectivity index (χ4v) is 4.78. The zero-order valence-electron chi connectivity index (χ0n) is 14.6. The summed E-state index contributed by atoms with van der Waals surface area (Å²) in [5, 5.41) is -0.333. The number of benzene rings is 1. The van der Waals surface area contributed by atoms with Crippen LogP contribution in [-0.4, -0.2) is 68.6 Å². The van der Waals surface area contributed by atoms with Gasteiger partial charge in [-0.2, -0.15) is 0 Å². The Hall–Kier alpha value is -1.60. The molecule has 0 spiro atoms. The van der Waals surface area contributed by atoms with Crippen molar-refractivity contribution in [2.24, 2.45) is 0 Å². The van der Waals surface area contributed by atoms with Crippen LogP contribution in [0.4, 0.5) is 4.79 Å². The number of likely N-dealkylation sites (tertiary alicyclic amines) is 1. The maximum absolute atomic E-state index is 13.1. The fourth-order valence-electron chi connectivity index (χ4n) is 3.65. The molecule has 25 heavy (non-hydrogen) atoms. The molecule has 3 rings (SSSR count). The van der Waals surface area contributed by atoms with Crippen LogP contribution in [-0.2, 0) is 14.6 Å². The summed E-state index contributed by atoms with van der Waals surface area (Å²) >= 11 is 0. The van der Waals surface area contributed by atoms with Gasteiger partial charge in [0.05, 0.1) is 24.5 Å². The Bertz CT molecular complexity index is 692. The fraction of sp³-hybridized carbons (Fsp3) is 0.611. The summed E-state index contributed by atoms with van der Waals surface area (Å²) in [5.74, 6) is 0. The molecule has 1 aromatic carbocycles. The highest BCUT2D eigenvalue weighted by atomic mass is 32.2. The molecule has 2 aliphatic rings. The normalized spacial score (nSPS) is 25.5. The highest BCUT2D eigenvalue weighted by molar-refractivity contribution is 7.91. The lowest BCUT2D eigenvalue weighted by Crippen LogP contribution is -2.50. The molecule has 0 saturated carbocycles. The third-order valence-electron chi connectivity index (χ3n) is 5.11. The first-order valence-electron chi connectivity index (χ1n) is 8.84. The van der Waals surface area contributed by atoms with E-state index in [-0.39, 0.29) is 17.3 Å². The van der Waals surface area contributed by atoms with Crippen molar-refractivity contribution in [3.05, 3.63) is 35.9 Å². The van der Waals surface area contributed by atoms with Crippen molar-refractivity contribution in [3.8, 4) is 0 Å². The zero-order chi connectivity index (χ0) is 17.9. The molecular weight excluding hydrogens is 340 g/mol. The van der Waals surface area contributed by atoms with Crippen LogP contribution in [0.5, 0.6) is 0 Å². The molecule has 0 aromatic heterocycles. The number of urea groups is 1. The maximum atomic E-state index is 13.1. The summed E-state index contributed by atoms with van der Waals surface area (Å²) in [6.45, 7) is 2.70. The molecule has 2 saturated heterocycles. The van der Waals surface area contributed by atoms with Crippen molar-refractivity contribution in [3.63, 3.8) is 0 Å². The first-order valence-corrected chi connectivity index (χ1v) is 10.8. The molecule has 0 N–H and O–H groups in total. The van der Waals surface area contributed by atoms with Crippen molar-refractivity contribution in [1.82, 2.24) is 9.80 Å². The predicted molar refractivity (Wildman–Crippen MR) is 96.2 cm³/mol.